The first-order valence-electron chi connectivity index (χ1n) is 6.39. The minimum Gasteiger partial charge on any atom is -0.386 e. The topological polar surface area (TPSA) is 74.5 Å². The van der Waals surface area contributed by atoms with Crippen LogP contribution < -0.4 is 5.32 Å². The van der Waals surface area contributed by atoms with Gasteiger partial charge in [0.25, 0.3) is 5.91 Å². The summed E-state index contributed by atoms with van der Waals surface area (Å²) in [4.78, 5) is 16.6. The van der Waals surface area contributed by atoms with Crippen LogP contribution in [0.25, 0.3) is 0 Å². The Morgan fingerprint density at radius 1 is 1.27 bits per heavy atom. The molecule has 2 aromatic carbocycles. The highest BCUT2D eigenvalue weighted by molar-refractivity contribution is 6.30. The SMILES string of the molecule is N#Cc1ccccc1NC(=O)CO/N=C/c1ccc(Cl)cc1. The van der Waals surface area contributed by atoms with Crippen molar-refractivity contribution >= 4 is 29.4 Å². The van der Waals surface area contributed by atoms with Crippen LogP contribution in [0.4, 0.5) is 5.69 Å². The largest absolute Gasteiger partial charge is 0.386 e. The summed E-state index contributed by atoms with van der Waals surface area (Å²) < 4.78 is 0. The third kappa shape index (κ3) is 4.62. The van der Waals surface area contributed by atoms with Crippen molar-refractivity contribution < 1.29 is 9.63 Å². The number of hydrogen-bond acceptors (Lipinski definition) is 4. The maximum Gasteiger partial charge on any atom is 0.265 e. The fourth-order valence-corrected chi connectivity index (χ4v) is 1.74. The Balaban J connectivity index is 1.83. The van der Waals surface area contributed by atoms with E-state index in [2.05, 4.69) is 10.5 Å². The lowest BCUT2D eigenvalue weighted by atomic mass is 10.2. The van der Waals surface area contributed by atoms with Crippen LogP contribution in [0.2, 0.25) is 5.02 Å². The molecule has 1 N–H and O–H groups in total. The minimum absolute atomic E-state index is 0.246. The van der Waals surface area contributed by atoms with E-state index in [9.17, 15) is 4.79 Å². The zero-order chi connectivity index (χ0) is 15.8. The average molecular weight is 314 g/mol. The van der Waals surface area contributed by atoms with E-state index in [1.54, 1.807) is 48.5 Å². The van der Waals surface area contributed by atoms with Crippen molar-refractivity contribution in [3.05, 3.63) is 64.7 Å². The number of hydrogen-bond donors (Lipinski definition) is 1. The molecule has 0 bridgehead atoms. The molecule has 1 amide bonds. The highest BCUT2D eigenvalue weighted by Gasteiger charge is 2.06. The van der Waals surface area contributed by atoms with Gasteiger partial charge in [-0.1, -0.05) is 41.0 Å². The molecule has 0 heterocycles. The van der Waals surface area contributed by atoms with E-state index in [1.807, 2.05) is 6.07 Å². The summed E-state index contributed by atoms with van der Waals surface area (Å²) in [6.45, 7) is -0.246. The Morgan fingerprint density at radius 2 is 2.00 bits per heavy atom. The molecule has 0 aliphatic rings. The predicted octanol–water partition coefficient (Wildman–Crippen LogP) is 3.20. The molecule has 2 rings (SSSR count). The van der Waals surface area contributed by atoms with Gasteiger partial charge in [-0.15, -0.1) is 0 Å². The summed E-state index contributed by atoms with van der Waals surface area (Å²) in [5, 5.41) is 15.8. The van der Waals surface area contributed by atoms with Crippen molar-refractivity contribution in [2.75, 3.05) is 11.9 Å². The van der Waals surface area contributed by atoms with Gasteiger partial charge in [-0.05, 0) is 29.8 Å². The van der Waals surface area contributed by atoms with Crippen molar-refractivity contribution in [3.63, 3.8) is 0 Å². The van der Waals surface area contributed by atoms with E-state index in [-0.39, 0.29) is 6.61 Å². The van der Waals surface area contributed by atoms with E-state index >= 15 is 0 Å². The van der Waals surface area contributed by atoms with Gasteiger partial charge in [0, 0.05) is 5.02 Å². The van der Waals surface area contributed by atoms with Crippen LogP contribution in [0.5, 0.6) is 0 Å². The van der Waals surface area contributed by atoms with Gasteiger partial charge in [0.05, 0.1) is 17.5 Å². The van der Waals surface area contributed by atoms with Crippen LogP contribution in [-0.2, 0) is 9.63 Å². The molecule has 0 spiro atoms. The highest BCUT2D eigenvalue weighted by atomic mass is 35.5. The van der Waals surface area contributed by atoms with Crippen LogP contribution in [0, 0.1) is 11.3 Å². The van der Waals surface area contributed by atoms with Gasteiger partial charge < -0.3 is 10.2 Å². The zero-order valence-electron chi connectivity index (χ0n) is 11.5. The second-order valence-corrected chi connectivity index (χ2v) is 4.70. The number of amides is 1. The summed E-state index contributed by atoms with van der Waals surface area (Å²) >= 11 is 5.76. The number of anilines is 1. The van der Waals surface area contributed by atoms with Gasteiger partial charge in [-0.2, -0.15) is 5.26 Å². The molecule has 22 heavy (non-hydrogen) atoms. The van der Waals surface area contributed by atoms with Gasteiger partial charge in [0.2, 0.25) is 0 Å². The van der Waals surface area contributed by atoms with Crippen LogP contribution in [0.1, 0.15) is 11.1 Å². The Labute approximate surface area is 132 Å². The molecule has 0 aliphatic carbocycles. The molecule has 0 saturated carbocycles. The quantitative estimate of drug-likeness (QED) is 0.680. The lowest BCUT2D eigenvalue weighted by molar-refractivity contribution is -0.120. The smallest absolute Gasteiger partial charge is 0.265 e. The van der Waals surface area contributed by atoms with Gasteiger partial charge in [0.15, 0.2) is 6.61 Å². The normalized spacial score (nSPS) is 10.2. The standard InChI is InChI=1S/C16H12ClN3O2/c17-14-7-5-12(6-8-14)10-19-22-11-16(21)20-15-4-2-1-3-13(15)9-18/h1-8,10H,11H2,(H,20,21)/b19-10+. The number of para-hydroxylation sites is 1. The molecule has 0 atom stereocenters. The summed E-state index contributed by atoms with van der Waals surface area (Å²) in [7, 11) is 0. The molecule has 0 aromatic heterocycles. The number of benzene rings is 2. The third-order valence-corrected chi connectivity index (χ3v) is 2.92. The Bertz CT molecular complexity index is 721. The molecule has 6 heteroatoms. The third-order valence-electron chi connectivity index (χ3n) is 2.66. The molecule has 110 valence electrons. The zero-order valence-corrected chi connectivity index (χ0v) is 12.2. The van der Waals surface area contributed by atoms with Crippen molar-refractivity contribution in [3.8, 4) is 6.07 Å². The van der Waals surface area contributed by atoms with E-state index in [1.165, 1.54) is 6.21 Å². The van der Waals surface area contributed by atoms with E-state index in [0.717, 1.165) is 5.56 Å². The molecular formula is C16H12ClN3O2. The van der Waals surface area contributed by atoms with E-state index in [4.69, 9.17) is 21.7 Å². The first kappa shape index (κ1) is 15.5. The number of carbonyl (C=O) groups excluding carboxylic acids is 1. The van der Waals surface area contributed by atoms with Crippen LogP contribution in [-0.4, -0.2) is 18.7 Å². The maximum atomic E-state index is 11.7. The number of carbonyl (C=O) groups is 1. The van der Waals surface area contributed by atoms with Crippen molar-refractivity contribution in [1.82, 2.24) is 0 Å². The van der Waals surface area contributed by atoms with E-state index < -0.39 is 5.91 Å². The minimum atomic E-state index is -0.393. The van der Waals surface area contributed by atoms with Crippen LogP contribution in [0.3, 0.4) is 0 Å². The van der Waals surface area contributed by atoms with E-state index in [0.29, 0.717) is 16.3 Å². The average Bonchev–Trinajstić information content (AvgIpc) is 2.54. The van der Waals surface area contributed by atoms with Gasteiger partial charge in [-0.25, -0.2) is 0 Å². The van der Waals surface area contributed by atoms with Gasteiger partial charge >= 0.3 is 0 Å². The maximum absolute atomic E-state index is 11.7. The number of rotatable bonds is 5. The monoisotopic (exact) mass is 313 g/mol. The van der Waals surface area contributed by atoms with Crippen LogP contribution in [0.15, 0.2) is 53.7 Å². The number of halogens is 1. The summed E-state index contributed by atoms with van der Waals surface area (Å²) in [5.74, 6) is -0.393. The highest BCUT2D eigenvalue weighted by Crippen LogP contribution is 2.13. The molecule has 0 radical (unpaired) electrons. The lowest BCUT2D eigenvalue weighted by Crippen LogP contribution is -2.17. The van der Waals surface area contributed by atoms with Crippen LogP contribution >= 0.6 is 11.6 Å². The van der Waals surface area contributed by atoms with Crippen molar-refractivity contribution in [2.24, 2.45) is 5.16 Å². The first-order valence-corrected chi connectivity index (χ1v) is 6.77. The summed E-state index contributed by atoms with van der Waals surface area (Å²) in [6, 6.07) is 15.7. The lowest BCUT2D eigenvalue weighted by Gasteiger charge is -2.05. The number of nitriles is 1. The van der Waals surface area contributed by atoms with Gasteiger partial charge in [-0.3, -0.25) is 4.79 Å². The Kier molecular flexibility index (Phi) is 5.52. The Morgan fingerprint density at radius 3 is 2.73 bits per heavy atom. The number of nitrogens with one attached hydrogen (secondary N) is 1. The second-order valence-electron chi connectivity index (χ2n) is 4.27. The van der Waals surface area contributed by atoms with Crippen molar-refractivity contribution in [1.29, 1.82) is 5.26 Å². The molecule has 2 aromatic rings. The number of oxime groups is 1. The number of nitrogens with zero attached hydrogens (tertiary/aromatic N) is 2. The summed E-state index contributed by atoms with van der Waals surface area (Å²) in [6.07, 6.45) is 1.48. The first-order chi connectivity index (χ1) is 10.7. The Hall–Kier alpha value is -2.84. The molecule has 5 nitrogen and oxygen atoms in total. The molecule has 0 saturated heterocycles. The molecule has 0 fully saturated rings. The van der Waals surface area contributed by atoms with Crippen molar-refractivity contribution in [2.45, 2.75) is 0 Å². The summed E-state index contributed by atoms with van der Waals surface area (Å²) in [5.41, 5.74) is 1.64. The molecule has 0 unspecified atom stereocenters. The molecular weight excluding hydrogens is 302 g/mol. The second kappa shape index (κ2) is 7.81. The fourth-order valence-electron chi connectivity index (χ4n) is 1.62. The predicted molar refractivity (Wildman–Crippen MR) is 84.8 cm³/mol. The fraction of sp³-hybridized carbons (Fsp3) is 0.0625. The van der Waals surface area contributed by atoms with Gasteiger partial charge in [0.1, 0.15) is 6.07 Å². The molecule has 0 aliphatic heterocycles.